The number of hydrogen-bond donors (Lipinski definition) is 0. The Labute approximate surface area is 120 Å². The van der Waals surface area contributed by atoms with Gasteiger partial charge in [0.1, 0.15) is 12.4 Å². The molecule has 0 saturated carbocycles. The third-order valence-electron chi connectivity index (χ3n) is 2.38. The van der Waals surface area contributed by atoms with Gasteiger partial charge >= 0.3 is 0 Å². The van der Waals surface area contributed by atoms with E-state index in [0.29, 0.717) is 6.61 Å². The summed E-state index contributed by atoms with van der Waals surface area (Å²) in [4.78, 5) is 1.26. The predicted octanol–water partition coefficient (Wildman–Crippen LogP) is 4.59. The zero-order chi connectivity index (χ0) is 12.1. The van der Waals surface area contributed by atoms with E-state index in [9.17, 15) is 0 Å². The van der Waals surface area contributed by atoms with Crippen LogP contribution in [0.5, 0.6) is 5.75 Å². The molecule has 2 rings (SSSR count). The average molecular weight is 356 g/mol. The van der Waals surface area contributed by atoms with Crippen molar-refractivity contribution < 1.29 is 4.74 Å². The van der Waals surface area contributed by atoms with Crippen molar-refractivity contribution in [3.8, 4) is 5.75 Å². The fraction of sp³-hybridized carbons (Fsp3) is 0.143. The standard InChI is InChI=1S/C14H13IOS/c1-17-14-8-6-13(7-9-14)16-10-11-2-4-12(15)5-3-11/h2-9H,10H2,1H3. The van der Waals surface area contributed by atoms with Crippen molar-refractivity contribution in [3.63, 3.8) is 0 Å². The maximum absolute atomic E-state index is 5.72. The van der Waals surface area contributed by atoms with E-state index >= 15 is 0 Å². The van der Waals surface area contributed by atoms with Crippen LogP contribution >= 0.6 is 34.4 Å². The van der Waals surface area contributed by atoms with Crippen LogP contribution in [0.2, 0.25) is 0 Å². The highest BCUT2D eigenvalue weighted by Crippen LogP contribution is 2.19. The van der Waals surface area contributed by atoms with Crippen LogP contribution in [0.15, 0.2) is 53.4 Å². The molecule has 3 heteroatoms. The summed E-state index contributed by atoms with van der Waals surface area (Å²) in [6, 6.07) is 16.6. The summed E-state index contributed by atoms with van der Waals surface area (Å²) in [6.07, 6.45) is 2.07. The van der Waals surface area contributed by atoms with Gasteiger partial charge in [0.05, 0.1) is 0 Å². The first kappa shape index (κ1) is 12.8. The highest BCUT2D eigenvalue weighted by Gasteiger charge is 1.96. The predicted molar refractivity (Wildman–Crippen MR) is 81.7 cm³/mol. The Hall–Kier alpha value is -0.680. The van der Waals surface area contributed by atoms with Gasteiger partial charge in [0, 0.05) is 8.47 Å². The number of ether oxygens (including phenoxy) is 1. The van der Waals surface area contributed by atoms with E-state index in [1.165, 1.54) is 14.0 Å². The second-order valence-electron chi connectivity index (χ2n) is 3.59. The van der Waals surface area contributed by atoms with E-state index in [1.807, 2.05) is 12.1 Å². The Bertz CT molecular complexity index is 465. The van der Waals surface area contributed by atoms with Gasteiger partial charge < -0.3 is 4.74 Å². The smallest absolute Gasteiger partial charge is 0.119 e. The molecule has 0 radical (unpaired) electrons. The number of hydrogen-bond acceptors (Lipinski definition) is 2. The second-order valence-corrected chi connectivity index (χ2v) is 5.72. The van der Waals surface area contributed by atoms with Crippen molar-refractivity contribution in [2.45, 2.75) is 11.5 Å². The van der Waals surface area contributed by atoms with Gasteiger partial charge in [-0.05, 0) is 70.8 Å². The minimum atomic E-state index is 0.621. The molecule has 0 aromatic heterocycles. The van der Waals surface area contributed by atoms with Crippen LogP contribution in [0.25, 0.3) is 0 Å². The van der Waals surface area contributed by atoms with E-state index < -0.39 is 0 Å². The molecule has 0 spiro atoms. The summed E-state index contributed by atoms with van der Waals surface area (Å²) in [7, 11) is 0. The molecule has 0 fully saturated rings. The van der Waals surface area contributed by atoms with Gasteiger partial charge in [-0.25, -0.2) is 0 Å². The van der Waals surface area contributed by atoms with Gasteiger partial charge in [-0.1, -0.05) is 12.1 Å². The van der Waals surface area contributed by atoms with Gasteiger partial charge in [0.25, 0.3) is 0 Å². The molecule has 0 bridgehead atoms. The van der Waals surface area contributed by atoms with Crippen molar-refractivity contribution in [1.29, 1.82) is 0 Å². The lowest BCUT2D eigenvalue weighted by Gasteiger charge is -2.06. The molecule has 0 N–H and O–H groups in total. The number of rotatable bonds is 4. The fourth-order valence-electron chi connectivity index (χ4n) is 1.42. The highest BCUT2D eigenvalue weighted by atomic mass is 127. The van der Waals surface area contributed by atoms with Gasteiger partial charge in [0.2, 0.25) is 0 Å². The SMILES string of the molecule is CSc1ccc(OCc2ccc(I)cc2)cc1. The molecule has 2 aromatic rings. The molecule has 17 heavy (non-hydrogen) atoms. The maximum atomic E-state index is 5.72. The Kier molecular flexibility index (Phi) is 4.74. The van der Waals surface area contributed by atoms with E-state index in [4.69, 9.17) is 4.74 Å². The summed E-state index contributed by atoms with van der Waals surface area (Å²) in [5, 5.41) is 0. The first-order valence-corrected chi connectivity index (χ1v) is 7.59. The molecular formula is C14H13IOS. The quantitative estimate of drug-likeness (QED) is 0.585. The van der Waals surface area contributed by atoms with Crippen LogP contribution in [0.3, 0.4) is 0 Å². The minimum Gasteiger partial charge on any atom is -0.489 e. The highest BCUT2D eigenvalue weighted by molar-refractivity contribution is 14.1. The molecular weight excluding hydrogens is 343 g/mol. The van der Waals surface area contributed by atoms with E-state index in [2.05, 4.69) is 65.2 Å². The molecule has 88 valence electrons. The number of thioether (sulfide) groups is 1. The van der Waals surface area contributed by atoms with Crippen molar-refractivity contribution >= 4 is 34.4 Å². The van der Waals surface area contributed by atoms with Gasteiger partial charge in [-0.3, -0.25) is 0 Å². The molecule has 0 aliphatic rings. The zero-order valence-electron chi connectivity index (χ0n) is 9.52. The first-order chi connectivity index (χ1) is 8.28. The van der Waals surface area contributed by atoms with Crippen molar-refractivity contribution in [2.24, 2.45) is 0 Å². The van der Waals surface area contributed by atoms with Crippen LogP contribution < -0.4 is 4.74 Å². The zero-order valence-corrected chi connectivity index (χ0v) is 12.5. The van der Waals surface area contributed by atoms with E-state index in [1.54, 1.807) is 11.8 Å². The summed E-state index contributed by atoms with van der Waals surface area (Å²) in [5.74, 6) is 0.918. The fourth-order valence-corrected chi connectivity index (χ4v) is 2.19. The third kappa shape index (κ3) is 3.92. The Morgan fingerprint density at radius 2 is 1.65 bits per heavy atom. The van der Waals surface area contributed by atoms with Crippen LogP contribution in [0.4, 0.5) is 0 Å². The largest absolute Gasteiger partial charge is 0.489 e. The lowest BCUT2D eigenvalue weighted by atomic mass is 10.2. The summed E-state index contributed by atoms with van der Waals surface area (Å²) >= 11 is 4.04. The monoisotopic (exact) mass is 356 g/mol. The van der Waals surface area contributed by atoms with Crippen LogP contribution in [0, 0.1) is 3.57 Å². The van der Waals surface area contributed by atoms with Crippen molar-refractivity contribution in [2.75, 3.05) is 6.26 Å². The maximum Gasteiger partial charge on any atom is 0.119 e. The van der Waals surface area contributed by atoms with E-state index in [-0.39, 0.29) is 0 Å². The van der Waals surface area contributed by atoms with Gasteiger partial charge in [0.15, 0.2) is 0 Å². The molecule has 0 heterocycles. The molecule has 2 aromatic carbocycles. The molecule has 0 aliphatic heterocycles. The number of benzene rings is 2. The van der Waals surface area contributed by atoms with Crippen LogP contribution in [0.1, 0.15) is 5.56 Å². The normalized spacial score (nSPS) is 10.2. The van der Waals surface area contributed by atoms with Crippen molar-refractivity contribution in [3.05, 3.63) is 57.7 Å². The molecule has 0 aliphatic carbocycles. The number of halogens is 1. The minimum absolute atomic E-state index is 0.621. The average Bonchev–Trinajstić information content (AvgIpc) is 2.39. The molecule has 0 saturated heterocycles. The van der Waals surface area contributed by atoms with E-state index in [0.717, 1.165) is 5.75 Å². The molecule has 0 unspecified atom stereocenters. The topological polar surface area (TPSA) is 9.23 Å². The lowest BCUT2D eigenvalue weighted by Crippen LogP contribution is -1.95. The molecule has 0 atom stereocenters. The summed E-state index contributed by atoms with van der Waals surface area (Å²) in [6.45, 7) is 0.621. The summed E-state index contributed by atoms with van der Waals surface area (Å²) in [5.41, 5.74) is 1.19. The lowest BCUT2D eigenvalue weighted by molar-refractivity contribution is 0.306. The Balaban J connectivity index is 1.95. The third-order valence-corrected chi connectivity index (χ3v) is 3.84. The van der Waals surface area contributed by atoms with Crippen LogP contribution in [-0.4, -0.2) is 6.26 Å². The molecule has 0 amide bonds. The summed E-state index contributed by atoms with van der Waals surface area (Å²) < 4.78 is 6.97. The van der Waals surface area contributed by atoms with Gasteiger partial charge in [-0.2, -0.15) is 0 Å². The van der Waals surface area contributed by atoms with Gasteiger partial charge in [-0.15, -0.1) is 11.8 Å². The van der Waals surface area contributed by atoms with Crippen molar-refractivity contribution in [1.82, 2.24) is 0 Å². The first-order valence-electron chi connectivity index (χ1n) is 5.29. The Morgan fingerprint density at radius 3 is 2.24 bits per heavy atom. The second kappa shape index (κ2) is 6.31. The van der Waals surface area contributed by atoms with Crippen LogP contribution in [-0.2, 0) is 6.61 Å². The Morgan fingerprint density at radius 1 is 1.00 bits per heavy atom. The molecule has 1 nitrogen and oxygen atoms in total.